The molecule has 6 heteroatoms. The van der Waals surface area contributed by atoms with Crippen LogP contribution >= 0.6 is 11.3 Å². The normalized spacial score (nSPS) is 16.5. The molecule has 2 aromatic heterocycles. The van der Waals surface area contributed by atoms with Crippen molar-refractivity contribution in [3.05, 3.63) is 68.2 Å². The lowest BCUT2D eigenvalue weighted by Crippen LogP contribution is -2.37. The van der Waals surface area contributed by atoms with E-state index < -0.39 is 0 Å². The first kappa shape index (κ1) is 17.9. The third-order valence-corrected chi connectivity index (χ3v) is 6.16. The minimum atomic E-state index is -0.371. The van der Waals surface area contributed by atoms with Crippen molar-refractivity contribution >= 4 is 28.2 Å². The molecule has 0 bridgehead atoms. The summed E-state index contributed by atoms with van der Waals surface area (Å²) in [6, 6.07) is 10.7. The molecule has 1 amide bonds. The number of hydrogen-bond acceptors (Lipinski definition) is 5. The number of hydrogen-bond donors (Lipinski definition) is 0. The van der Waals surface area contributed by atoms with E-state index in [1.54, 1.807) is 28.4 Å². The zero-order valence-electron chi connectivity index (χ0n) is 15.5. The molecule has 0 saturated carbocycles. The van der Waals surface area contributed by atoms with Crippen LogP contribution in [-0.4, -0.2) is 41.9 Å². The van der Waals surface area contributed by atoms with E-state index in [0.29, 0.717) is 23.1 Å². The summed E-state index contributed by atoms with van der Waals surface area (Å²) in [4.78, 5) is 31.4. The maximum atomic E-state index is 13.2. The van der Waals surface area contributed by atoms with Gasteiger partial charge in [0.1, 0.15) is 5.58 Å². The fraction of sp³-hybridized carbons (Fsp3) is 0.333. The van der Waals surface area contributed by atoms with Crippen LogP contribution in [0.4, 0.5) is 0 Å². The highest BCUT2D eigenvalue weighted by Gasteiger charge is 2.43. The van der Waals surface area contributed by atoms with Gasteiger partial charge in [0, 0.05) is 18.0 Å². The molecule has 1 atom stereocenters. The molecule has 3 aromatic rings. The Bertz CT molecular complexity index is 1020. The summed E-state index contributed by atoms with van der Waals surface area (Å²) in [7, 11) is 0. The molecule has 1 aliphatic heterocycles. The van der Waals surface area contributed by atoms with Gasteiger partial charge in [-0.05, 0) is 36.7 Å². The van der Waals surface area contributed by atoms with E-state index in [-0.39, 0.29) is 23.1 Å². The molecular formula is C21H22N2O3S. The Labute approximate surface area is 161 Å². The number of amides is 1. The van der Waals surface area contributed by atoms with E-state index in [1.165, 1.54) is 0 Å². The zero-order valence-corrected chi connectivity index (χ0v) is 16.3. The van der Waals surface area contributed by atoms with Crippen LogP contribution in [0.3, 0.4) is 0 Å². The molecule has 0 radical (unpaired) electrons. The second-order valence-corrected chi connectivity index (χ2v) is 7.59. The maximum Gasteiger partial charge on any atom is 0.290 e. The van der Waals surface area contributed by atoms with Crippen molar-refractivity contribution in [2.24, 2.45) is 0 Å². The number of nitrogens with zero attached hydrogens (tertiary/aromatic N) is 2. The van der Waals surface area contributed by atoms with Crippen LogP contribution in [-0.2, 0) is 0 Å². The van der Waals surface area contributed by atoms with Gasteiger partial charge in [-0.3, -0.25) is 9.59 Å². The first-order chi connectivity index (χ1) is 13.2. The highest BCUT2D eigenvalue weighted by Crippen LogP contribution is 2.39. The largest absolute Gasteiger partial charge is 0.450 e. The van der Waals surface area contributed by atoms with Gasteiger partial charge in [-0.2, -0.15) is 0 Å². The van der Waals surface area contributed by atoms with Crippen molar-refractivity contribution < 1.29 is 9.21 Å². The molecule has 1 aliphatic rings. The average Bonchev–Trinajstić information content (AvgIpc) is 3.30. The van der Waals surface area contributed by atoms with Gasteiger partial charge in [-0.15, -0.1) is 11.3 Å². The summed E-state index contributed by atoms with van der Waals surface area (Å²) in [6.07, 6.45) is 0. The van der Waals surface area contributed by atoms with Crippen molar-refractivity contribution in [3.8, 4) is 0 Å². The van der Waals surface area contributed by atoms with Gasteiger partial charge in [-0.25, -0.2) is 0 Å². The van der Waals surface area contributed by atoms with Gasteiger partial charge in [0.15, 0.2) is 5.43 Å². The van der Waals surface area contributed by atoms with Crippen LogP contribution in [0.25, 0.3) is 11.0 Å². The molecule has 1 aromatic carbocycles. The standard InChI is InChI=1S/C21H22N2O3S/c1-3-22(4-2)11-12-23-18(16-10-7-13-27-16)17-19(24)14-8-5-6-9-15(14)26-20(17)21(23)25/h5-10,13,18H,3-4,11-12H2,1-2H3/t18-/m0/s1. The number of likely N-dealkylation sites (N-methyl/N-ethyl adjacent to an activating group) is 1. The van der Waals surface area contributed by atoms with E-state index in [9.17, 15) is 9.59 Å². The smallest absolute Gasteiger partial charge is 0.290 e. The van der Waals surface area contributed by atoms with Crippen molar-refractivity contribution in [1.82, 2.24) is 9.80 Å². The molecule has 140 valence electrons. The second kappa shape index (κ2) is 7.29. The summed E-state index contributed by atoms with van der Waals surface area (Å²) in [6.45, 7) is 7.40. The van der Waals surface area contributed by atoms with Gasteiger partial charge in [0.2, 0.25) is 5.76 Å². The molecule has 0 saturated heterocycles. The predicted octanol–water partition coefficient (Wildman–Crippen LogP) is 3.74. The lowest BCUT2D eigenvalue weighted by molar-refractivity contribution is 0.0710. The van der Waals surface area contributed by atoms with E-state index in [2.05, 4.69) is 18.7 Å². The summed E-state index contributed by atoms with van der Waals surface area (Å²) in [5.74, 6) is -0.00458. The van der Waals surface area contributed by atoms with Crippen LogP contribution in [0.2, 0.25) is 0 Å². The number of fused-ring (bicyclic) bond motifs is 2. The first-order valence-electron chi connectivity index (χ1n) is 9.28. The molecule has 0 fully saturated rings. The van der Waals surface area contributed by atoms with Crippen LogP contribution in [0.5, 0.6) is 0 Å². The number of benzene rings is 1. The van der Waals surface area contributed by atoms with E-state index in [4.69, 9.17) is 4.42 Å². The molecule has 0 unspecified atom stereocenters. The van der Waals surface area contributed by atoms with Crippen molar-refractivity contribution in [3.63, 3.8) is 0 Å². The van der Waals surface area contributed by atoms with E-state index in [1.807, 2.05) is 29.6 Å². The minimum Gasteiger partial charge on any atom is -0.450 e. The average molecular weight is 382 g/mol. The van der Waals surface area contributed by atoms with Gasteiger partial charge < -0.3 is 14.2 Å². The summed E-state index contributed by atoms with van der Waals surface area (Å²) >= 11 is 1.56. The highest BCUT2D eigenvalue weighted by molar-refractivity contribution is 7.10. The Morgan fingerprint density at radius 1 is 1.11 bits per heavy atom. The monoisotopic (exact) mass is 382 g/mol. The van der Waals surface area contributed by atoms with E-state index in [0.717, 1.165) is 24.5 Å². The first-order valence-corrected chi connectivity index (χ1v) is 10.2. The highest BCUT2D eigenvalue weighted by atomic mass is 32.1. The summed E-state index contributed by atoms with van der Waals surface area (Å²) in [5.41, 5.74) is 0.828. The van der Waals surface area contributed by atoms with Crippen LogP contribution in [0.1, 0.15) is 40.9 Å². The van der Waals surface area contributed by atoms with Crippen LogP contribution < -0.4 is 5.43 Å². The molecule has 3 heterocycles. The van der Waals surface area contributed by atoms with Gasteiger partial charge in [0.25, 0.3) is 5.91 Å². The molecule has 5 nitrogen and oxygen atoms in total. The van der Waals surface area contributed by atoms with Crippen LogP contribution in [0.15, 0.2) is 51.0 Å². The molecule has 0 spiro atoms. The Morgan fingerprint density at radius 3 is 2.59 bits per heavy atom. The zero-order chi connectivity index (χ0) is 19.0. The lowest BCUT2D eigenvalue weighted by atomic mass is 10.0. The third kappa shape index (κ3) is 2.99. The Balaban J connectivity index is 1.83. The molecule has 4 rings (SSSR count). The molecule has 0 aliphatic carbocycles. The molecule has 0 N–H and O–H groups in total. The van der Waals surface area contributed by atoms with E-state index >= 15 is 0 Å². The Morgan fingerprint density at radius 2 is 1.89 bits per heavy atom. The number of rotatable bonds is 6. The number of thiophene rings is 1. The fourth-order valence-electron chi connectivity index (χ4n) is 3.73. The number of para-hydroxylation sites is 1. The van der Waals surface area contributed by atoms with Gasteiger partial charge in [-0.1, -0.05) is 32.0 Å². The van der Waals surface area contributed by atoms with Gasteiger partial charge >= 0.3 is 0 Å². The number of carbonyl (C=O) groups is 1. The Kier molecular flexibility index (Phi) is 4.85. The molecule has 27 heavy (non-hydrogen) atoms. The minimum absolute atomic E-state index is 0.107. The lowest BCUT2D eigenvalue weighted by Gasteiger charge is -2.27. The molecular weight excluding hydrogens is 360 g/mol. The number of carbonyl (C=O) groups excluding carboxylic acids is 1. The second-order valence-electron chi connectivity index (χ2n) is 6.61. The SMILES string of the molecule is CCN(CC)CCN1C(=O)c2oc3ccccc3c(=O)c2[C@@H]1c1cccs1. The Hall–Kier alpha value is -2.44. The van der Waals surface area contributed by atoms with Crippen molar-refractivity contribution in [1.29, 1.82) is 0 Å². The fourth-order valence-corrected chi connectivity index (χ4v) is 4.57. The van der Waals surface area contributed by atoms with Crippen molar-refractivity contribution in [2.75, 3.05) is 26.2 Å². The topological polar surface area (TPSA) is 53.8 Å². The summed E-state index contributed by atoms with van der Waals surface area (Å²) < 4.78 is 5.92. The maximum absolute atomic E-state index is 13.2. The summed E-state index contributed by atoms with van der Waals surface area (Å²) in [5, 5.41) is 2.50. The van der Waals surface area contributed by atoms with Crippen molar-refractivity contribution in [2.45, 2.75) is 19.9 Å². The van der Waals surface area contributed by atoms with Crippen LogP contribution in [0, 0.1) is 0 Å². The quantitative estimate of drug-likeness (QED) is 0.652. The third-order valence-electron chi connectivity index (χ3n) is 5.24. The van der Waals surface area contributed by atoms with Gasteiger partial charge in [0.05, 0.1) is 17.0 Å². The predicted molar refractivity (Wildman–Crippen MR) is 107 cm³/mol.